The second kappa shape index (κ2) is 4.92. The van der Waals surface area contributed by atoms with Crippen molar-refractivity contribution in [1.82, 2.24) is 5.32 Å². The van der Waals surface area contributed by atoms with Gasteiger partial charge in [0.2, 0.25) is 0 Å². The van der Waals surface area contributed by atoms with Gasteiger partial charge in [-0.05, 0) is 31.5 Å². The monoisotopic (exact) mass is 230 g/mol. The van der Waals surface area contributed by atoms with Crippen LogP contribution in [0.2, 0.25) is 5.02 Å². The predicted molar refractivity (Wildman–Crippen MR) is 61.4 cm³/mol. The topological polar surface area (TPSA) is 38.0 Å². The zero-order valence-electron chi connectivity index (χ0n) is 8.98. The zero-order valence-corrected chi connectivity index (χ0v) is 9.74. The van der Waals surface area contributed by atoms with Crippen molar-refractivity contribution >= 4 is 11.6 Å². The van der Waals surface area contributed by atoms with E-state index in [1.54, 1.807) is 12.1 Å². The van der Waals surface area contributed by atoms with Gasteiger partial charge in [0.05, 0.1) is 5.02 Å². The molecule has 0 unspecified atom stereocenters. The third-order valence-electron chi connectivity index (χ3n) is 1.89. The normalized spacial score (nSPS) is 11.8. The fourth-order valence-corrected chi connectivity index (χ4v) is 1.38. The van der Waals surface area contributed by atoms with Gasteiger partial charge < -0.3 is 11.1 Å². The molecule has 0 heterocycles. The molecule has 0 aliphatic rings. The number of nitrogens with one attached hydrogen (secondary N) is 1. The van der Waals surface area contributed by atoms with Gasteiger partial charge in [-0.25, -0.2) is 4.39 Å². The fourth-order valence-electron chi connectivity index (χ4n) is 1.18. The Kier molecular flexibility index (Phi) is 4.08. The number of benzene rings is 1. The molecule has 0 amide bonds. The van der Waals surface area contributed by atoms with Crippen LogP contribution in [-0.2, 0) is 6.54 Å². The van der Waals surface area contributed by atoms with E-state index in [0.29, 0.717) is 13.1 Å². The lowest BCUT2D eigenvalue weighted by atomic mass is 10.1. The van der Waals surface area contributed by atoms with Crippen LogP contribution in [0.15, 0.2) is 18.2 Å². The van der Waals surface area contributed by atoms with Crippen molar-refractivity contribution in [3.05, 3.63) is 34.6 Å². The van der Waals surface area contributed by atoms with Gasteiger partial charge in [-0.3, -0.25) is 0 Å². The van der Waals surface area contributed by atoms with Crippen molar-refractivity contribution in [2.75, 3.05) is 6.54 Å². The minimum absolute atomic E-state index is 0.154. The van der Waals surface area contributed by atoms with E-state index in [9.17, 15) is 4.39 Å². The van der Waals surface area contributed by atoms with Crippen LogP contribution >= 0.6 is 11.6 Å². The summed E-state index contributed by atoms with van der Waals surface area (Å²) < 4.78 is 12.8. The largest absolute Gasteiger partial charge is 0.324 e. The molecule has 0 radical (unpaired) electrons. The highest BCUT2D eigenvalue weighted by atomic mass is 35.5. The Hall–Kier alpha value is -0.640. The van der Waals surface area contributed by atoms with Gasteiger partial charge in [0, 0.05) is 18.6 Å². The maximum atomic E-state index is 12.8. The van der Waals surface area contributed by atoms with Gasteiger partial charge in [0.15, 0.2) is 0 Å². The number of halogens is 2. The summed E-state index contributed by atoms with van der Waals surface area (Å²) in [5.41, 5.74) is 6.51. The molecule has 0 saturated heterocycles. The summed E-state index contributed by atoms with van der Waals surface area (Å²) in [5.74, 6) is -0.389. The average Bonchev–Trinajstić information content (AvgIpc) is 2.09. The Morgan fingerprint density at radius 3 is 2.67 bits per heavy atom. The van der Waals surface area contributed by atoms with Crippen molar-refractivity contribution in [1.29, 1.82) is 0 Å². The van der Waals surface area contributed by atoms with Crippen LogP contribution < -0.4 is 11.1 Å². The molecular formula is C11H16ClFN2. The van der Waals surface area contributed by atoms with Gasteiger partial charge in [0.1, 0.15) is 5.82 Å². The summed E-state index contributed by atoms with van der Waals surface area (Å²) >= 11 is 5.66. The van der Waals surface area contributed by atoms with Crippen LogP contribution in [0.25, 0.3) is 0 Å². The quantitative estimate of drug-likeness (QED) is 0.833. The zero-order chi connectivity index (χ0) is 11.5. The van der Waals surface area contributed by atoms with Crippen molar-refractivity contribution in [3.8, 4) is 0 Å². The number of nitrogens with two attached hydrogens (primary N) is 1. The molecule has 0 aliphatic carbocycles. The second-order valence-corrected chi connectivity index (χ2v) is 4.75. The van der Waals surface area contributed by atoms with Gasteiger partial charge in [-0.1, -0.05) is 17.7 Å². The van der Waals surface area contributed by atoms with Gasteiger partial charge in [0.25, 0.3) is 0 Å². The van der Waals surface area contributed by atoms with E-state index < -0.39 is 0 Å². The lowest BCUT2D eigenvalue weighted by molar-refractivity contribution is 0.466. The highest BCUT2D eigenvalue weighted by Crippen LogP contribution is 2.15. The van der Waals surface area contributed by atoms with E-state index in [0.717, 1.165) is 5.56 Å². The average molecular weight is 231 g/mol. The number of hydrogen-bond acceptors (Lipinski definition) is 2. The molecular weight excluding hydrogens is 215 g/mol. The van der Waals surface area contributed by atoms with Crippen molar-refractivity contribution in [2.45, 2.75) is 25.9 Å². The number of rotatable bonds is 4. The van der Waals surface area contributed by atoms with Gasteiger partial charge in [-0.15, -0.1) is 0 Å². The highest BCUT2D eigenvalue weighted by Gasteiger charge is 2.09. The van der Waals surface area contributed by atoms with Crippen molar-refractivity contribution in [2.24, 2.45) is 5.73 Å². The Bertz CT molecular complexity index is 334. The molecule has 4 heteroatoms. The first-order chi connectivity index (χ1) is 6.88. The summed E-state index contributed by atoms with van der Waals surface area (Å²) in [6.45, 7) is 5.22. The molecule has 0 aromatic heterocycles. The molecule has 0 atom stereocenters. The summed E-state index contributed by atoms with van der Waals surface area (Å²) in [5, 5.41) is 3.34. The molecule has 1 aromatic rings. The predicted octanol–water partition coefficient (Wildman–Crippen LogP) is 2.31. The maximum absolute atomic E-state index is 12.8. The highest BCUT2D eigenvalue weighted by molar-refractivity contribution is 6.30. The lowest BCUT2D eigenvalue weighted by Crippen LogP contribution is -2.42. The molecule has 0 bridgehead atoms. The Balaban J connectivity index is 2.48. The summed E-state index contributed by atoms with van der Waals surface area (Å²) in [6, 6.07) is 4.69. The summed E-state index contributed by atoms with van der Waals surface area (Å²) in [7, 11) is 0. The van der Waals surface area contributed by atoms with Crippen LogP contribution in [0.5, 0.6) is 0 Å². The van der Waals surface area contributed by atoms with Gasteiger partial charge >= 0.3 is 0 Å². The van der Waals surface area contributed by atoms with E-state index in [4.69, 9.17) is 17.3 Å². The molecule has 2 nitrogen and oxygen atoms in total. The van der Waals surface area contributed by atoms with Crippen LogP contribution in [0.4, 0.5) is 4.39 Å². The molecule has 1 rings (SSSR count). The Morgan fingerprint density at radius 1 is 1.47 bits per heavy atom. The van der Waals surface area contributed by atoms with Crippen LogP contribution in [-0.4, -0.2) is 12.1 Å². The lowest BCUT2D eigenvalue weighted by Gasteiger charge is -2.19. The minimum atomic E-state index is -0.389. The first-order valence-corrected chi connectivity index (χ1v) is 5.20. The Labute approximate surface area is 94.6 Å². The Morgan fingerprint density at radius 2 is 2.13 bits per heavy atom. The second-order valence-electron chi connectivity index (χ2n) is 4.34. The van der Waals surface area contributed by atoms with Crippen LogP contribution in [0.1, 0.15) is 19.4 Å². The molecule has 3 N–H and O–H groups in total. The van der Waals surface area contributed by atoms with Gasteiger partial charge in [-0.2, -0.15) is 0 Å². The smallest absolute Gasteiger partial charge is 0.141 e. The SMILES string of the molecule is CC(C)(N)CNCc1ccc(F)c(Cl)c1. The molecule has 15 heavy (non-hydrogen) atoms. The van der Waals surface area contributed by atoms with E-state index >= 15 is 0 Å². The van der Waals surface area contributed by atoms with Crippen molar-refractivity contribution < 1.29 is 4.39 Å². The summed E-state index contributed by atoms with van der Waals surface area (Å²) in [6.07, 6.45) is 0. The van der Waals surface area contributed by atoms with E-state index in [1.807, 2.05) is 13.8 Å². The third-order valence-corrected chi connectivity index (χ3v) is 2.18. The first-order valence-electron chi connectivity index (χ1n) is 4.82. The van der Waals surface area contributed by atoms with Crippen LogP contribution in [0, 0.1) is 5.82 Å². The molecule has 84 valence electrons. The molecule has 1 aromatic carbocycles. The number of hydrogen-bond donors (Lipinski definition) is 2. The van der Waals surface area contributed by atoms with Crippen LogP contribution in [0.3, 0.4) is 0 Å². The molecule has 0 aliphatic heterocycles. The fraction of sp³-hybridized carbons (Fsp3) is 0.455. The maximum Gasteiger partial charge on any atom is 0.141 e. The van der Waals surface area contributed by atoms with E-state index in [-0.39, 0.29) is 16.4 Å². The third kappa shape index (κ3) is 4.60. The van der Waals surface area contributed by atoms with Crippen molar-refractivity contribution in [3.63, 3.8) is 0 Å². The summed E-state index contributed by atoms with van der Waals surface area (Å²) in [4.78, 5) is 0. The first kappa shape index (κ1) is 12.4. The van der Waals surface area contributed by atoms with E-state index in [1.165, 1.54) is 6.07 Å². The minimum Gasteiger partial charge on any atom is -0.324 e. The molecule has 0 fully saturated rings. The standard InChI is InChI=1S/C11H16ClFN2/c1-11(2,14)7-15-6-8-3-4-10(13)9(12)5-8/h3-5,15H,6-7,14H2,1-2H3. The molecule has 0 spiro atoms. The van der Waals surface area contributed by atoms with E-state index in [2.05, 4.69) is 5.32 Å². The molecule has 0 saturated carbocycles.